The molecule has 0 saturated heterocycles. The van der Waals surface area contributed by atoms with Crippen molar-refractivity contribution in [2.45, 2.75) is 91.3 Å². The van der Waals surface area contributed by atoms with Crippen LogP contribution in [0.2, 0.25) is 0 Å². The molecule has 222 valence electrons. The minimum atomic E-state index is -0.723. The summed E-state index contributed by atoms with van der Waals surface area (Å²) in [7, 11) is 0. The van der Waals surface area contributed by atoms with E-state index >= 15 is 0 Å². The second-order valence-corrected chi connectivity index (χ2v) is 11.0. The third-order valence-corrected chi connectivity index (χ3v) is 7.07. The van der Waals surface area contributed by atoms with Crippen LogP contribution in [0.4, 0.5) is 0 Å². The van der Waals surface area contributed by atoms with Gasteiger partial charge in [0.2, 0.25) is 0 Å². The van der Waals surface area contributed by atoms with Gasteiger partial charge < -0.3 is 29.2 Å². The summed E-state index contributed by atoms with van der Waals surface area (Å²) in [5.41, 5.74) is 2.20. The minimum Gasteiger partial charge on any atom is -0.489 e. The largest absolute Gasteiger partial charge is 0.489 e. The molecule has 6 nitrogen and oxygen atoms in total. The predicted molar refractivity (Wildman–Crippen MR) is 164 cm³/mol. The number of benzene rings is 3. The van der Waals surface area contributed by atoms with E-state index in [4.69, 9.17) is 18.9 Å². The Hall–Kier alpha value is -2.38. The van der Waals surface area contributed by atoms with E-state index in [-0.39, 0.29) is 26.4 Å². The molecule has 3 aromatic carbocycles. The van der Waals surface area contributed by atoms with Gasteiger partial charge in [-0.3, -0.25) is 0 Å². The monoisotopic (exact) mass is 554 g/mol. The molecule has 0 aromatic heterocycles. The third kappa shape index (κ3) is 9.91. The fraction of sp³-hybridized carbons (Fsp3) is 0.588. The van der Waals surface area contributed by atoms with Crippen molar-refractivity contribution in [3.63, 3.8) is 0 Å². The zero-order chi connectivity index (χ0) is 28.7. The lowest BCUT2D eigenvalue weighted by Crippen LogP contribution is -2.24. The highest BCUT2D eigenvalue weighted by atomic mass is 16.5. The van der Waals surface area contributed by atoms with Gasteiger partial charge in [-0.25, -0.2) is 0 Å². The van der Waals surface area contributed by atoms with E-state index in [0.29, 0.717) is 13.2 Å². The van der Waals surface area contributed by atoms with Crippen molar-refractivity contribution in [2.75, 3.05) is 39.6 Å². The van der Waals surface area contributed by atoms with Gasteiger partial charge in [0.05, 0.1) is 13.2 Å². The highest BCUT2D eigenvalue weighted by Gasteiger charge is 2.19. The summed E-state index contributed by atoms with van der Waals surface area (Å²) >= 11 is 0. The molecule has 2 unspecified atom stereocenters. The number of aliphatic hydroxyl groups excluding tert-OH is 2. The normalized spacial score (nSPS) is 13.2. The first-order chi connectivity index (χ1) is 19.4. The summed E-state index contributed by atoms with van der Waals surface area (Å²) in [5.74, 6) is 1.44. The molecule has 0 aliphatic carbocycles. The smallest absolute Gasteiger partial charge is 0.135 e. The van der Waals surface area contributed by atoms with Crippen molar-refractivity contribution in [1.29, 1.82) is 0 Å². The Labute approximate surface area is 240 Å². The Balaban J connectivity index is 1.75. The Morgan fingerprint density at radius 1 is 0.550 bits per heavy atom. The molecule has 6 heteroatoms. The lowest BCUT2D eigenvalue weighted by Gasteiger charge is -2.21. The predicted octanol–water partition coefficient (Wildman–Crippen LogP) is 7.28. The Kier molecular flexibility index (Phi) is 14.0. The number of rotatable bonds is 20. The quantitative estimate of drug-likeness (QED) is 0.113. The van der Waals surface area contributed by atoms with Gasteiger partial charge in [0.1, 0.15) is 36.9 Å². The highest BCUT2D eigenvalue weighted by Crippen LogP contribution is 2.43. The molecule has 0 amide bonds. The Bertz CT molecular complexity index is 1070. The van der Waals surface area contributed by atoms with Gasteiger partial charge in [-0.2, -0.15) is 0 Å². The number of aliphatic hydroxyl groups is 2. The van der Waals surface area contributed by atoms with Crippen LogP contribution in [0, 0.1) is 13.8 Å². The minimum absolute atomic E-state index is 0.134. The van der Waals surface area contributed by atoms with Crippen molar-refractivity contribution in [3.8, 4) is 11.5 Å². The summed E-state index contributed by atoms with van der Waals surface area (Å²) in [6, 6.07) is 12.4. The van der Waals surface area contributed by atoms with Crippen LogP contribution >= 0.6 is 0 Å². The molecule has 0 bridgehead atoms. The molecule has 40 heavy (non-hydrogen) atoms. The van der Waals surface area contributed by atoms with E-state index in [9.17, 15) is 10.2 Å². The summed E-state index contributed by atoms with van der Waals surface area (Å²) in [6.45, 7) is 10.5. The second-order valence-electron chi connectivity index (χ2n) is 11.0. The standard InChI is InChI=1S/C34H50O6/c1-5-7-9-11-17-37-21-27(35)23-39-33-29-15-13-26(4)20-32(29)34(30-16-14-25(3)19-31(30)33)40-24-28(36)22-38-18-12-10-8-6-2/h13-16,19-20,27-28,35-36H,5-12,17-18,21-24H2,1-4H3. The molecule has 2 atom stereocenters. The molecule has 0 aliphatic rings. The lowest BCUT2D eigenvalue weighted by molar-refractivity contribution is 0.0111. The molecule has 3 rings (SSSR count). The summed E-state index contributed by atoms with van der Waals surface area (Å²) in [6.07, 6.45) is 7.67. The van der Waals surface area contributed by atoms with Gasteiger partial charge in [0.15, 0.2) is 0 Å². The van der Waals surface area contributed by atoms with E-state index in [1.807, 2.05) is 26.0 Å². The van der Waals surface area contributed by atoms with Crippen molar-refractivity contribution < 1.29 is 29.2 Å². The molecular formula is C34H50O6. The first kappa shape index (κ1) is 32.1. The average molecular weight is 555 g/mol. The zero-order valence-electron chi connectivity index (χ0n) is 25.0. The van der Waals surface area contributed by atoms with Crippen molar-refractivity contribution in [2.24, 2.45) is 0 Å². The maximum Gasteiger partial charge on any atom is 0.135 e. The van der Waals surface area contributed by atoms with Crippen LogP contribution in [-0.4, -0.2) is 62.1 Å². The van der Waals surface area contributed by atoms with Gasteiger partial charge in [0, 0.05) is 34.8 Å². The molecule has 0 saturated carbocycles. The van der Waals surface area contributed by atoms with Crippen molar-refractivity contribution >= 4 is 21.5 Å². The van der Waals surface area contributed by atoms with Crippen LogP contribution in [0.5, 0.6) is 11.5 Å². The molecule has 2 N–H and O–H groups in total. The van der Waals surface area contributed by atoms with Crippen LogP contribution in [-0.2, 0) is 9.47 Å². The fourth-order valence-corrected chi connectivity index (χ4v) is 4.84. The Morgan fingerprint density at radius 2 is 0.975 bits per heavy atom. The first-order valence-corrected chi connectivity index (χ1v) is 15.2. The molecule has 0 heterocycles. The van der Waals surface area contributed by atoms with Gasteiger partial charge in [0.25, 0.3) is 0 Å². The molecule has 3 aromatic rings. The second kappa shape index (κ2) is 17.4. The van der Waals surface area contributed by atoms with Gasteiger partial charge in [-0.1, -0.05) is 87.8 Å². The van der Waals surface area contributed by atoms with Crippen LogP contribution in [0.3, 0.4) is 0 Å². The number of fused-ring (bicyclic) bond motifs is 2. The third-order valence-electron chi connectivity index (χ3n) is 7.07. The van der Waals surface area contributed by atoms with E-state index < -0.39 is 12.2 Å². The molecule has 0 spiro atoms. The molecule has 0 aliphatic heterocycles. The van der Waals surface area contributed by atoms with E-state index in [2.05, 4.69) is 38.1 Å². The summed E-state index contributed by atoms with van der Waals surface area (Å²) < 4.78 is 24.0. The van der Waals surface area contributed by atoms with Crippen LogP contribution in [0.25, 0.3) is 21.5 Å². The molecule has 0 radical (unpaired) electrons. The van der Waals surface area contributed by atoms with Crippen LogP contribution in [0.1, 0.15) is 76.3 Å². The number of aryl methyl sites for hydroxylation is 2. The number of hydrogen-bond donors (Lipinski definition) is 2. The van der Waals surface area contributed by atoms with E-state index in [1.54, 1.807) is 0 Å². The molecular weight excluding hydrogens is 504 g/mol. The van der Waals surface area contributed by atoms with E-state index in [0.717, 1.165) is 69.9 Å². The van der Waals surface area contributed by atoms with E-state index in [1.165, 1.54) is 25.7 Å². The van der Waals surface area contributed by atoms with Gasteiger partial charge in [-0.15, -0.1) is 0 Å². The zero-order valence-corrected chi connectivity index (χ0v) is 25.0. The fourth-order valence-electron chi connectivity index (χ4n) is 4.84. The van der Waals surface area contributed by atoms with Crippen LogP contribution in [0.15, 0.2) is 36.4 Å². The Morgan fingerprint density at radius 3 is 1.38 bits per heavy atom. The van der Waals surface area contributed by atoms with Gasteiger partial charge >= 0.3 is 0 Å². The number of unbranched alkanes of at least 4 members (excludes halogenated alkanes) is 6. The van der Waals surface area contributed by atoms with Crippen molar-refractivity contribution in [1.82, 2.24) is 0 Å². The summed E-state index contributed by atoms with van der Waals surface area (Å²) in [5, 5.41) is 24.8. The first-order valence-electron chi connectivity index (χ1n) is 15.2. The maximum atomic E-state index is 10.6. The summed E-state index contributed by atoms with van der Waals surface area (Å²) in [4.78, 5) is 0. The number of ether oxygens (including phenoxy) is 4. The van der Waals surface area contributed by atoms with Gasteiger partial charge in [-0.05, 0) is 38.8 Å². The molecule has 0 fully saturated rings. The topological polar surface area (TPSA) is 77.4 Å². The number of hydrogen-bond acceptors (Lipinski definition) is 6. The van der Waals surface area contributed by atoms with Crippen molar-refractivity contribution in [3.05, 3.63) is 47.5 Å². The van der Waals surface area contributed by atoms with Crippen LogP contribution < -0.4 is 9.47 Å². The lowest BCUT2D eigenvalue weighted by atomic mass is 9.97. The SMILES string of the molecule is CCCCCCOCC(O)COc1c2ccc(C)cc2c(OCC(O)COCCCCCC)c2ccc(C)cc12. The average Bonchev–Trinajstić information content (AvgIpc) is 2.94. The highest BCUT2D eigenvalue weighted by molar-refractivity contribution is 6.11. The maximum absolute atomic E-state index is 10.6.